The number of likely N-dealkylation sites (N-methyl/N-ethyl adjacent to an activating group) is 1. The minimum atomic E-state index is -3.08. The topological polar surface area (TPSA) is 84.0 Å². The van der Waals surface area contributed by atoms with Gasteiger partial charge in [0, 0.05) is 32.4 Å². The molecule has 1 aliphatic rings. The monoisotopic (exact) mass is 368 g/mol. The lowest BCUT2D eigenvalue weighted by atomic mass is 10.2. The van der Waals surface area contributed by atoms with Gasteiger partial charge in [0.05, 0.1) is 17.1 Å². The van der Waals surface area contributed by atoms with Crippen LogP contribution in [-0.4, -0.2) is 70.0 Å². The molecule has 1 heterocycles. The zero-order valence-corrected chi connectivity index (χ0v) is 15.6. The number of nitrogens with zero attached hydrogens (tertiary/aromatic N) is 2. The Bertz CT molecular complexity index is 728. The van der Waals surface area contributed by atoms with Crippen LogP contribution in [0.2, 0.25) is 0 Å². The molecule has 25 heavy (non-hydrogen) atoms. The van der Waals surface area contributed by atoms with Gasteiger partial charge in [-0.2, -0.15) is 0 Å². The molecule has 7 nitrogen and oxygen atoms in total. The zero-order valence-electron chi connectivity index (χ0n) is 14.8. The predicted octanol–water partition coefficient (Wildman–Crippen LogP) is 0.945. The van der Waals surface area contributed by atoms with Gasteiger partial charge in [-0.1, -0.05) is 0 Å². The number of carbonyl (C=O) groups excluding carboxylic acids is 2. The quantitative estimate of drug-likeness (QED) is 0.695. The van der Waals surface area contributed by atoms with Crippen molar-refractivity contribution in [2.75, 3.05) is 43.7 Å². The second-order valence-electron chi connectivity index (χ2n) is 6.25. The van der Waals surface area contributed by atoms with Crippen molar-refractivity contribution in [3.8, 4) is 0 Å². The lowest BCUT2D eigenvalue weighted by Gasteiger charge is -2.26. The summed E-state index contributed by atoms with van der Waals surface area (Å²) in [6.45, 7) is 1.78. The van der Waals surface area contributed by atoms with Gasteiger partial charge in [0.1, 0.15) is 0 Å². The molecule has 1 fully saturated rings. The Kier molecular flexibility index (Phi) is 6.05. The number of amides is 1. The summed E-state index contributed by atoms with van der Waals surface area (Å²) < 4.78 is 28.3. The van der Waals surface area contributed by atoms with Crippen LogP contribution in [0.15, 0.2) is 24.3 Å². The van der Waals surface area contributed by atoms with Crippen LogP contribution in [0.5, 0.6) is 0 Å². The zero-order chi connectivity index (χ0) is 18.6. The number of esters is 1. The molecule has 1 amide bonds. The van der Waals surface area contributed by atoms with Gasteiger partial charge in [0.25, 0.3) is 5.91 Å². The predicted molar refractivity (Wildman–Crippen MR) is 95.5 cm³/mol. The van der Waals surface area contributed by atoms with Crippen LogP contribution >= 0.6 is 0 Å². The van der Waals surface area contributed by atoms with E-state index in [-0.39, 0.29) is 23.5 Å². The first-order chi connectivity index (χ1) is 11.7. The number of sulfone groups is 1. The summed E-state index contributed by atoms with van der Waals surface area (Å²) in [6, 6.07) is 6.54. The molecule has 2 rings (SSSR count). The Hall–Kier alpha value is -2.09. The van der Waals surface area contributed by atoms with E-state index in [1.54, 1.807) is 31.2 Å². The summed E-state index contributed by atoms with van der Waals surface area (Å²) in [4.78, 5) is 27.8. The van der Waals surface area contributed by atoms with Crippen molar-refractivity contribution in [2.45, 2.75) is 19.4 Å². The number of hydrogen-bond acceptors (Lipinski definition) is 6. The van der Waals surface area contributed by atoms with Crippen molar-refractivity contribution < 1.29 is 22.7 Å². The number of carbonyl (C=O) groups is 2. The second-order valence-corrected chi connectivity index (χ2v) is 8.48. The summed E-state index contributed by atoms with van der Waals surface area (Å²) in [6.07, 6.45) is 0.432. The highest BCUT2D eigenvalue weighted by molar-refractivity contribution is 7.91. The Morgan fingerprint density at radius 2 is 1.84 bits per heavy atom. The maximum atomic E-state index is 12.3. The fourth-order valence-corrected chi connectivity index (χ4v) is 4.58. The van der Waals surface area contributed by atoms with Gasteiger partial charge >= 0.3 is 5.97 Å². The van der Waals surface area contributed by atoms with E-state index in [0.717, 1.165) is 5.69 Å². The Balaban J connectivity index is 1.92. The van der Waals surface area contributed by atoms with Crippen molar-refractivity contribution >= 4 is 27.4 Å². The van der Waals surface area contributed by atoms with E-state index in [4.69, 9.17) is 4.74 Å². The Morgan fingerprint density at radius 1 is 1.20 bits per heavy atom. The summed E-state index contributed by atoms with van der Waals surface area (Å²) in [7, 11) is 0.720. The van der Waals surface area contributed by atoms with Crippen LogP contribution in [0.4, 0.5) is 5.69 Å². The first-order valence-electron chi connectivity index (χ1n) is 8.18. The molecule has 0 N–H and O–H groups in total. The van der Waals surface area contributed by atoms with E-state index < -0.39 is 22.4 Å². The van der Waals surface area contributed by atoms with E-state index in [0.29, 0.717) is 18.5 Å². The van der Waals surface area contributed by atoms with Crippen LogP contribution < -0.4 is 4.90 Å². The van der Waals surface area contributed by atoms with Crippen molar-refractivity contribution in [3.05, 3.63) is 29.8 Å². The molecule has 1 atom stereocenters. The van der Waals surface area contributed by atoms with Crippen LogP contribution in [0.1, 0.15) is 23.7 Å². The van der Waals surface area contributed by atoms with Gasteiger partial charge in [-0.15, -0.1) is 0 Å². The van der Waals surface area contributed by atoms with E-state index >= 15 is 0 Å². The maximum Gasteiger partial charge on any atom is 0.338 e. The Morgan fingerprint density at radius 3 is 2.32 bits per heavy atom. The third-order valence-electron chi connectivity index (χ3n) is 4.26. The fraction of sp³-hybridized carbons (Fsp3) is 0.529. The van der Waals surface area contributed by atoms with Crippen molar-refractivity contribution in [2.24, 2.45) is 0 Å². The number of anilines is 1. The third kappa shape index (κ3) is 4.94. The number of rotatable bonds is 6. The minimum Gasteiger partial charge on any atom is -0.452 e. The molecule has 1 aliphatic heterocycles. The van der Waals surface area contributed by atoms with Crippen molar-refractivity contribution in [1.29, 1.82) is 0 Å². The molecule has 1 aromatic rings. The van der Waals surface area contributed by atoms with E-state index in [1.165, 1.54) is 4.90 Å². The lowest BCUT2D eigenvalue weighted by molar-refractivity contribution is -0.136. The molecule has 0 radical (unpaired) electrons. The average molecular weight is 368 g/mol. The minimum absolute atomic E-state index is 0.0213. The number of hydrogen-bond donors (Lipinski definition) is 0. The Labute approximate surface area is 148 Å². The molecule has 0 saturated carbocycles. The highest BCUT2D eigenvalue weighted by Gasteiger charge is 2.34. The molecule has 1 aromatic carbocycles. The summed E-state index contributed by atoms with van der Waals surface area (Å²) >= 11 is 0. The summed E-state index contributed by atoms with van der Waals surface area (Å²) in [5, 5.41) is 0. The first-order valence-corrected chi connectivity index (χ1v) is 10.00. The van der Waals surface area contributed by atoms with Gasteiger partial charge in [-0.25, -0.2) is 13.2 Å². The molecule has 0 spiro atoms. The molecule has 0 aromatic heterocycles. The van der Waals surface area contributed by atoms with Crippen LogP contribution in [0, 0.1) is 0 Å². The summed E-state index contributed by atoms with van der Waals surface area (Å²) in [5.74, 6) is -0.872. The standard InChI is InChI=1S/C17H24N2O5S/c1-4-19(15-9-10-25(22,23)12-15)16(20)11-24-17(21)13-5-7-14(8-6-13)18(2)3/h5-8,15H,4,9-12H2,1-3H3/t15-/m0/s1. The smallest absolute Gasteiger partial charge is 0.338 e. The van der Waals surface area contributed by atoms with Gasteiger partial charge in [-0.3, -0.25) is 4.79 Å². The van der Waals surface area contributed by atoms with Gasteiger partial charge in [0.2, 0.25) is 0 Å². The SMILES string of the molecule is CCN(C(=O)COC(=O)c1ccc(N(C)C)cc1)[C@H]1CCS(=O)(=O)C1. The molecule has 138 valence electrons. The highest BCUT2D eigenvalue weighted by Crippen LogP contribution is 2.18. The first kappa shape index (κ1) is 19.2. The van der Waals surface area contributed by atoms with Crippen LogP contribution in [-0.2, 0) is 19.4 Å². The third-order valence-corrected chi connectivity index (χ3v) is 6.01. The van der Waals surface area contributed by atoms with Gasteiger partial charge in [-0.05, 0) is 37.6 Å². The maximum absolute atomic E-state index is 12.3. The van der Waals surface area contributed by atoms with Crippen molar-refractivity contribution in [3.63, 3.8) is 0 Å². The molecular weight excluding hydrogens is 344 g/mol. The largest absolute Gasteiger partial charge is 0.452 e. The number of ether oxygens (including phenoxy) is 1. The van der Waals surface area contributed by atoms with Crippen molar-refractivity contribution in [1.82, 2.24) is 4.90 Å². The van der Waals surface area contributed by atoms with Gasteiger partial charge in [0.15, 0.2) is 16.4 Å². The van der Waals surface area contributed by atoms with Gasteiger partial charge < -0.3 is 14.5 Å². The molecular formula is C17H24N2O5S. The second kappa shape index (κ2) is 7.86. The van der Waals surface area contributed by atoms with Crippen LogP contribution in [0.3, 0.4) is 0 Å². The average Bonchev–Trinajstić information content (AvgIpc) is 2.93. The molecule has 1 saturated heterocycles. The molecule has 8 heteroatoms. The number of benzene rings is 1. The molecule has 0 aliphatic carbocycles. The normalized spacial score (nSPS) is 18.6. The highest BCUT2D eigenvalue weighted by atomic mass is 32.2. The van der Waals surface area contributed by atoms with Crippen LogP contribution in [0.25, 0.3) is 0 Å². The molecule has 0 unspecified atom stereocenters. The van der Waals surface area contributed by atoms with E-state index in [9.17, 15) is 18.0 Å². The van der Waals surface area contributed by atoms with E-state index in [2.05, 4.69) is 0 Å². The van der Waals surface area contributed by atoms with E-state index in [1.807, 2.05) is 19.0 Å². The summed E-state index contributed by atoms with van der Waals surface area (Å²) in [5.41, 5.74) is 1.32. The fourth-order valence-electron chi connectivity index (χ4n) is 2.85. The lowest BCUT2D eigenvalue weighted by Crippen LogP contribution is -2.43. The molecule has 0 bridgehead atoms.